The first-order valence-corrected chi connectivity index (χ1v) is 8.52. The van der Waals surface area contributed by atoms with Crippen LogP contribution in [0.15, 0.2) is 53.6 Å². The van der Waals surface area contributed by atoms with E-state index in [0.29, 0.717) is 33.4 Å². The van der Waals surface area contributed by atoms with E-state index in [2.05, 4.69) is 20.8 Å². The highest BCUT2D eigenvalue weighted by Gasteiger charge is 2.15. The van der Waals surface area contributed by atoms with Gasteiger partial charge in [0.25, 0.3) is 11.6 Å². The zero-order valence-corrected chi connectivity index (χ0v) is 15.7. The van der Waals surface area contributed by atoms with E-state index in [-0.39, 0.29) is 11.6 Å². The number of hydrazone groups is 1. The first kappa shape index (κ1) is 19.2. The molecule has 0 fully saturated rings. The van der Waals surface area contributed by atoms with Crippen LogP contribution in [0, 0.1) is 17.0 Å². The maximum absolute atomic E-state index is 12.1. The third-order valence-electron chi connectivity index (χ3n) is 3.95. The van der Waals surface area contributed by atoms with Crippen LogP contribution >= 0.6 is 11.6 Å². The second kappa shape index (κ2) is 7.97. The lowest BCUT2D eigenvalue weighted by Crippen LogP contribution is -2.19. The van der Waals surface area contributed by atoms with Crippen molar-refractivity contribution >= 4 is 28.9 Å². The average molecular weight is 399 g/mol. The highest BCUT2D eigenvalue weighted by molar-refractivity contribution is 6.30. The van der Waals surface area contributed by atoms with Gasteiger partial charge in [0.05, 0.1) is 22.0 Å². The van der Waals surface area contributed by atoms with Crippen LogP contribution in [0.1, 0.15) is 28.7 Å². The molecule has 3 rings (SSSR count). The lowest BCUT2D eigenvalue weighted by atomic mass is 10.2. The largest absolute Gasteiger partial charge is 0.271 e. The molecule has 0 radical (unpaired) electrons. The van der Waals surface area contributed by atoms with Gasteiger partial charge in [-0.2, -0.15) is 5.10 Å². The summed E-state index contributed by atoms with van der Waals surface area (Å²) >= 11 is 5.81. The van der Waals surface area contributed by atoms with E-state index in [1.807, 2.05) is 0 Å². The summed E-state index contributed by atoms with van der Waals surface area (Å²) in [5.74, 6) is -0.389. The van der Waals surface area contributed by atoms with Gasteiger partial charge in [0.2, 0.25) is 0 Å². The van der Waals surface area contributed by atoms with Crippen molar-refractivity contribution in [3.8, 4) is 5.69 Å². The van der Waals surface area contributed by atoms with E-state index in [4.69, 9.17) is 11.6 Å². The first-order valence-electron chi connectivity index (χ1n) is 8.14. The van der Waals surface area contributed by atoms with E-state index < -0.39 is 4.92 Å². The number of carbonyl (C=O) groups is 1. The number of nitrogens with one attached hydrogen (secondary N) is 1. The number of amides is 1. The highest BCUT2D eigenvalue weighted by Crippen LogP contribution is 2.18. The SMILES string of the molecule is C/C(=N\NC(=O)c1ccc(Cl)cc1)c1nnn(-c2cccc([N+](=O)[O-])c2)c1C. The minimum absolute atomic E-state index is 0.0467. The van der Waals surface area contributed by atoms with Crippen molar-refractivity contribution < 1.29 is 9.72 Å². The summed E-state index contributed by atoms with van der Waals surface area (Å²) in [5, 5.41) is 23.7. The van der Waals surface area contributed by atoms with Crippen LogP contribution in [-0.4, -0.2) is 31.5 Å². The first-order chi connectivity index (χ1) is 13.4. The van der Waals surface area contributed by atoms with Gasteiger partial charge in [-0.3, -0.25) is 14.9 Å². The second-order valence-electron chi connectivity index (χ2n) is 5.86. The number of nitrogens with zero attached hydrogens (tertiary/aromatic N) is 5. The molecule has 0 aliphatic rings. The third kappa shape index (κ3) is 4.04. The van der Waals surface area contributed by atoms with Crippen molar-refractivity contribution in [2.75, 3.05) is 0 Å². The number of nitro benzene ring substituents is 1. The molecule has 2 aromatic carbocycles. The Morgan fingerprint density at radius 1 is 1.25 bits per heavy atom. The monoisotopic (exact) mass is 398 g/mol. The maximum atomic E-state index is 12.1. The summed E-state index contributed by atoms with van der Waals surface area (Å²) in [7, 11) is 0. The molecule has 0 spiro atoms. The molecule has 1 N–H and O–H groups in total. The molecule has 0 atom stereocenters. The summed E-state index contributed by atoms with van der Waals surface area (Å²) < 4.78 is 1.47. The van der Waals surface area contributed by atoms with Gasteiger partial charge in [-0.1, -0.05) is 22.9 Å². The summed E-state index contributed by atoms with van der Waals surface area (Å²) in [6.45, 7) is 3.44. The zero-order valence-electron chi connectivity index (χ0n) is 15.0. The van der Waals surface area contributed by atoms with Crippen molar-refractivity contribution in [1.82, 2.24) is 20.4 Å². The van der Waals surface area contributed by atoms with Crippen LogP contribution in [0.5, 0.6) is 0 Å². The molecule has 0 aliphatic heterocycles. The minimum atomic E-state index is -0.477. The number of nitro groups is 1. The number of rotatable bonds is 5. The van der Waals surface area contributed by atoms with E-state index in [9.17, 15) is 14.9 Å². The Balaban J connectivity index is 1.81. The van der Waals surface area contributed by atoms with Gasteiger partial charge in [0.1, 0.15) is 5.69 Å². The fraction of sp³-hybridized carbons (Fsp3) is 0.111. The molecule has 1 heterocycles. The molecule has 1 aromatic heterocycles. The molecule has 10 heteroatoms. The van der Waals surface area contributed by atoms with Gasteiger partial charge in [-0.05, 0) is 44.2 Å². The van der Waals surface area contributed by atoms with Crippen LogP contribution in [0.2, 0.25) is 5.02 Å². The smallest absolute Gasteiger partial charge is 0.267 e. The van der Waals surface area contributed by atoms with Crippen LogP contribution < -0.4 is 5.43 Å². The molecule has 3 aromatic rings. The molecule has 0 unspecified atom stereocenters. The number of hydrogen-bond acceptors (Lipinski definition) is 6. The molecule has 0 saturated heterocycles. The average Bonchev–Trinajstić information content (AvgIpc) is 3.08. The fourth-order valence-corrected chi connectivity index (χ4v) is 2.63. The van der Waals surface area contributed by atoms with E-state index in [0.717, 1.165) is 0 Å². The standard InChI is InChI=1S/C18H15ClN6O3/c1-11(20-22-18(26)13-6-8-14(19)9-7-13)17-12(2)24(23-21-17)15-4-3-5-16(10-15)25(27)28/h3-10H,1-2H3,(H,22,26)/b20-11+. The van der Waals surface area contributed by atoms with Crippen LogP contribution in [0.4, 0.5) is 5.69 Å². The molecular formula is C18H15ClN6O3. The van der Waals surface area contributed by atoms with Crippen LogP contribution in [0.25, 0.3) is 5.69 Å². The van der Waals surface area contributed by atoms with Gasteiger partial charge in [-0.25, -0.2) is 10.1 Å². The van der Waals surface area contributed by atoms with Crippen molar-refractivity contribution in [3.05, 3.63) is 80.6 Å². The highest BCUT2D eigenvalue weighted by atomic mass is 35.5. The van der Waals surface area contributed by atoms with Crippen molar-refractivity contribution in [2.45, 2.75) is 13.8 Å². The Bertz CT molecular complexity index is 1080. The summed E-state index contributed by atoms with van der Waals surface area (Å²) in [6, 6.07) is 12.5. The van der Waals surface area contributed by atoms with Gasteiger partial charge < -0.3 is 0 Å². The zero-order chi connectivity index (χ0) is 20.3. The number of non-ortho nitro benzene ring substituents is 1. The Kier molecular flexibility index (Phi) is 5.46. The summed E-state index contributed by atoms with van der Waals surface area (Å²) in [4.78, 5) is 22.6. The predicted octanol–water partition coefficient (Wildman–Crippen LogP) is 3.29. The lowest BCUT2D eigenvalue weighted by molar-refractivity contribution is -0.384. The molecule has 9 nitrogen and oxygen atoms in total. The van der Waals surface area contributed by atoms with Gasteiger partial charge in [0, 0.05) is 22.7 Å². The molecule has 142 valence electrons. The summed E-state index contributed by atoms with van der Waals surface area (Å²) in [5.41, 5.74) is 4.86. The number of benzene rings is 2. The molecule has 0 aliphatic carbocycles. The minimum Gasteiger partial charge on any atom is -0.267 e. The topological polar surface area (TPSA) is 115 Å². The van der Waals surface area contributed by atoms with Gasteiger partial charge in [0.15, 0.2) is 0 Å². The van der Waals surface area contributed by atoms with Gasteiger partial charge >= 0.3 is 0 Å². The molecule has 28 heavy (non-hydrogen) atoms. The van der Waals surface area contributed by atoms with E-state index >= 15 is 0 Å². The Hall–Kier alpha value is -3.59. The lowest BCUT2D eigenvalue weighted by Gasteiger charge is -2.04. The number of carbonyl (C=O) groups excluding carboxylic acids is 1. The number of halogens is 1. The number of aromatic nitrogens is 3. The molecular weight excluding hydrogens is 384 g/mol. The third-order valence-corrected chi connectivity index (χ3v) is 4.21. The van der Waals surface area contributed by atoms with Crippen molar-refractivity contribution in [3.63, 3.8) is 0 Å². The second-order valence-corrected chi connectivity index (χ2v) is 6.29. The molecule has 0 saturated carbocycles. The fourth-order valence-electron chi connectivity index (χ4n) is 2.50. The molecule has 0 bridgehead atoms. The molecule has 1 amide bonds. The van der Waals surface area contributed by atoms with Gasteiger partial charge in [-0.15, -0.1) is 5.10 Å². The maximum Gasteiger partial charge on any atom is 0.271 e. The number of hydrogen-bond donors (Lipinski definition) is 1. The van der Waals surface area contributed by atoms with Crippen molar-refractivity contribution in [1.29, 1.82) is 0 Å². The van der Waals surface area contributed by atoms with E-state index in [1.54, 1.807) is 50.2 Å². The normalized spacial score (nSPS) is 11.3. The summed E-state index contributed by atoms with van der Waals surface area (Å²) in [6.07, 6.45) is 0. The predicted molar refractivity (Wildman–Crippen MR) is 104 cm³/mol. The Morgan fingerprint density at radius 2 is 1.96 bits per heavy atom. The van der Waals surface area contributed by atoms with Crippen LogP contribution in [-0.2, 0) is 0 Å². The van der Waals surface area contributed by atoms with Crippen LogP contribution in [0.3, 0.4) is 0 Å². The Labute approximate surface area is 164 Å². The quantitative estimate of drug-likeness (QED) is 0.402. The van der Waals surface area contributed by atoms with Crippen molar-refractivity contribution in [2.24, 2.45) is 5.10 Å². The van der Waals surface area contributed by atoms with E-state index in [1.165, 1.54) is 16.8 Å². The Morgan fingerprint density at radius 3 is 2.64 bits per heavy atom.